The van der Waals surface area contributed by atoms with Crippen molar-refractivity contribution in [2.75, 3.05) is 11.9 Å². The lowest BCUT2D eigenvalue weighted by atomic mass is 10.1. The van der Waals surface area contributed by atoms with Gasteiger partial charge in [-0.05, 0) is 43.9 Å². The molecule has 1 aromatic heterocycles. The van der Waals surface area contributed by atoms with Crippen molar-refractivity contribution in [1.82, 2.24) is 15.3 Å². The largest absolute Gasteiger partial charge is 0.367 e. The Balaban J connectivity index is 1.58. The van der Waals surface area contributed by atoms with Crippen molar-refractivity contribution in [3.63, 3.8) is 0 Å². The van der Waals surface area contributed by atoms with Gasteiger partial charge in [0.25, 0.3) is 5.91 Å². The summed E-state index contributed by atoms with van der Waals surface area (Å²) < 4.78 is 0. The van der Waals surface area contributed by atoms with E-state index in [0.29, 0.717) is 29.1 Å². The van der Waals surface area contributed by atoms with Gasteiger partial charge in [-0.3, -0.25) is 4.79 Å². The molecule has 0 bridgehead atoms. The number of carbonyl (C=O) groups is 1. The van der Waals surface area contributed by atoms with E-state index in [1.54, 1.807) is 6.07 Å². The van der Waals surface area contributed by atoms with E-state index in [-0.39, 0.29) is 5.91 Å². The lowest BCUT2D eigenvalue weighted by Gasteiger charge is -2.17. The van der Waals surface area contributed by atoms with Crippen LogP contribution in [-0.4, -0.2) is 28.5 Å². The molecule has 144 valence electrons. The van der Waals surface area contributed by atoms with Gasteiger partial charge in [-0.15, -0.1) is 0 Å². The number of hydrogen-bond donors (Lipinski definition) is 2. The number of aryl methyl sites for hydroxylation is 1. The molecule has 5 nitrogen and oxygen atoms in total. The van der Waals surface area contributed by atoms with E-state index in [1.807, 2.05) is 31.2 Å². The van der Waals surface area contributed by atoms with Crippen molar-refractivity contribution in [1.29, 1.82) is 0 Å². The Morgan fingerprint density at radius 1 is 1.15 bits per heavy atom. The molecule has 1 saturated carbocycles. The zero-order valence-corrected chi connectivity index (χ0v) is 16.6. The third kappa shape index (κ3) is 6.21. The second-order valence-electron chi connectivity index (χ2n) is 7.15. The minimum Gasteiger partial charge on any atom is -0.367 e. The van der Waals surface area contributed by atoms with Gasteiger partial charge < -0.3 is 10.6 Å². The van der Waals surface area contributed by atoms with Crippen LogP contribution in [0, 0.1) is 6.92 Å². The van der Waals surface area contributed by atoms with Crippen molar-refractivity contribution in [2.24, 2.45) is 0 Å². The van der Waals surface area contributed by atoms with E-state index in [0.717, 1.165) is 30.6 Å². The Labute approximate surface area is 166 Å². The summed E-state index contributed by atoms with van der Waals surface area (Å²) in [4.78, 5) is 21.3. The summed E-state index contributed by atoms with van der Waals surface area (Å²) in [5, 5.41) is 7.14. The van der Waals surface area contributed by atoms with Crippen molar-refractivity contribution in [2.45, 2.75) is 57.9 Å². The molecule has 1 aliphatic rings. The van der Waals surface area contributed by atoms with E-state index in [4.69, 9.17) is 11.6 Å². The fraction of sp³-hybridized carbons (Fsp3) is 0.476. The van der Waals surface area contributed by atoms with Crippen molar-refractivity contribution >= 4 is 23.3 Å². The number of rotatable bonds is 6. The number of benzene rings is 1. The van der Waals surface area contributed by atoms with Crippen molar-refractivity contribution in [3.8, 4) is 0 Å². The number of aromatic nitrogens is 2. The number of halogens is 1. The number of carbonyl (C=O) groups excluding carboxylic acids is 1. The molecule has 1 fully saturated rings. The van der Waals surface area contributed by atoms with Crippen LogP contribution in [0.15, 0.2) is 30.3 Å². The first-order valence-electron chi connectivity index (χ1n) is 9.75. The molecule has 0 atom stereocenters. The van der Waals surface area contributed by atoms with Gasteiger partial charge in [-0.1, -0.05) is 49.4 Å². The Hall–Kier alpha value is -2.14. The van der Waals surface area contributed by atoms with Gasteiger partial charge >= 0.3 is 0 Å². The van der Waals surface area contributed by atoms with Gasteiger partial charge in [0, 0.05) is 23.7 Å². The van der Waals surface area contributed by atoms with E-state index in [2.05, 4.69) is 20.6 Å². The minimum absolute atomic E-state index is 0.175. The maximum absolute atomic E-state index is 12.5. The third-order valence-electron chi connectivity index (χ3n) is 4.87. The molecular formula is C21H27ClN4O. The summed E-state index contributed by atoms with van der Waals surface area (Å²) in [5.74, 6) is 1.18. The molecule has 1 aliphatic carbocycles. The Morgan fingerprint density at radius 2 is 1.93 bits per heavy atom. The normalized spacial score (nSPS) is 15.2. The van der Waals surface area contributed by atoms with Crippen LogP contribution in [0.3, 0.4) is 0 Å². The Kier molecular flexibility index (Phi) is 7.04. The summed E-state index contributed by atoms with van der Waals surface area (Å²) in [6.07, 6.45) is 8.15. The maximum Gasteiger partial charge on any atom is 0.270 e. The van der Waals surface area contributed by atoms with Gasteiger partial charge in [-0.25, -0.2) is 9.97 Å². The highest BCUT2D eigenvalue weighted by atomic mass is 35.5. The number of hydrogen-bond acceptors (Lipinski definition) is 4. The highest BCUT2D eigenvalue weighted by Gasteiger charge is 2.15. The summed E-state index contributed by atoms with van der Waals surface area (Å²) >= 11 is 6.00. The minimum atomic E-state index is -0.175. The molecule has 2 aromatic rings. The standard InChI is InChI=1S/C21H27ClN4O/c1-15-24-19(14-20(25-15)26-18-9-4-2-3-5-10-18)21(27)23-12-11-16-7-6-8-17(22)13-16/h6-8,13-14,18H,2-5,9-12H2,1H3,(H,23,27)(H,24,25,26). The van der Waals surface area contributed by atoms with Gasteiger partial charge in [-0.2, -0.15) is 0 Å². The predicted octanol–water partition coefficient (Wildman–Crippen LogP) is 4.55. The topological polar surface area (TPSA) is 66.9 Å². The van der Waals surface area contributed by atoms with Crippen molar-refractivity contribution < 1.29 is 4.79 Å². The number of anilines is 1. The SMILES string of the molecule is Cc1nc(NC2CCCCCC2)cc(C(=O)NCCc2cccc(Cl)c2)n1. The quantitative estimate of drug-likeness (QED) is 0.715. The van der Waals surface area contributed by atoms with Gasteiger partial charge in [0.2, 0.25) is 0 Å². The zero-order valence-electron chi connectivity index (χ0n) is 15.8. The van der Waals surface area contributed by atoms with Crippen LogP contribution in [0.25, 0.3) is 0 Å². The summed E-state index contributed by atoms with van der Waals surface area (Å²) in [6, 6.07) is 9.86. The van der Waals surface area contributed by atoms with Crippen LogP contribution in [0.4, 0.5) is 5.82 Å². The second kappa shape index (κ2) is 9.70. The number of nitrogens with zero attached hydrogens (tertiary/aromatic N) is 2. The van der Waals surface area contributed by atoms with Gasteiger partial charge in [0.1, 0.15) is 17.3 Å². The van der Waals surface area contributed by atoms with E-state index in [9.17, 15) is 4.79 Å². The maximum atomic E-state index is 12.5. The number of nitrogens with one attached hydrogen (secondary N) is 2. The molecule has 3 rings (SSSR count). The fourth-order valence-corrected chi connectivity index (χ4v) is 3.71. The highest BCUT2D eigenvalue weighted by Crippen LogP contribution is 2.20. The van der Waals surface area contributed by atoms with Crippen molar-refractivity contribution in [3.05, 3.63) is 52.4 Å². The average Bonchev–Trinajstić information content (AvgIpc) is 2.90. The first-order chi connectivity index (χ1) is 13.1. The molecule has 0 aliphatic heterocycles. The summed E-state index contributed by atoms with van der Waals surface area (Å²) in [5.41, 5.74) is 1.50. The monoisotopic (exact) mass is 386 g/mol. The Bertz CT molecular complexity index is 773. The van der Waals surface area contributed by atoms with E-state index >= 15 is 0 Å². The molecular weight excluding hydrogens is 360 g/mol. The molecule has 0 spiro atoms. The highest BCUT2D eigenvalue weighted by molar-refractivity contribution is 6.30. The molecule has 1 aromatic carbocycles. The van der Waals surface area contributed by atoms with Crippen LogP contribution >= 0.6 is 11.6 Å². The predicted molar refractivity (Wildman–Crippen MR) is 109 cm³/mol. The molecule has 0 radical (unpaired) electrons. The molecule has 1 heterocycles. The fourth-order valence-electron chi connectivity index (χ4n) is 3.49. The second-order valence-corrected chi connectivity index (χ2v) is 7.59. The molecule has 27 heavy (non-hydrogen) atoms. The van der Waals surface area contributed by atoms with Crippen LogP contribution in [-0.2, 0) is 6.42 Å². The zero-order chi connectivity index (χ0) is 19.1. The van der Waals surface area contributed by atoms with Crippen LogP contribution < -0.4 is 10.6 Å². The first-order valence-corrected chi connectivity index (χ1v) is 10.1. The van der Waals surface area contributed by atoms with E-state index in [1.165, 1.54) is 25.7 Å². The summed E-state index contributed by atoms with van der Waals surface area (Å²) in [6.45, 7) is 2.36. The van der Waals surface area contributed by atoms with Crippen LogP contribution in [0.2, 0.25) is 5.02 Å². The van der Waals surface area contributed by atoms with Crippen LogP contribution in [0.1, 0.15) is 60.4 Å². The van der Waals surface area contributed by atoms with Gasteiger partial charge in [0.15, 0.2) is 0 Å². The molecule has 0 unspecified atom stereocenters. The smallest absolute Gasteiger partial charge is 0.270 e. The molecule has 0 saturated heterocycles. The Morgan fingerprint density at radius 3 is 2.67 bits per heavy atom. The number of amides is 1. The van der Waals surface area contributed by atoms with E-state index < -0.39 is 0 Å². The third-order valence-corrected chi connectivity index (χ3v) is 5.10. The van der Waals surface area contributed by atoms with Gasteiger partial charge in [0.05, 0.1) is 0 Å². The lowest BCUT2D eigenvalue weighted by molar-refractivity contribution is 0.0949. The molecule has 2 N–H and O–H groups in total. The average molecular weight is 387 g/mol. The van der Waals surface area contributed by atoms with Crippen LogP contribution in [0.5, 0.6) is 0 Å². The lowest BCUT2D eigenvalue weighted by Crippen LogP contribution is -2.27. The molecule has 1 amide bonds. The summed E-state index contributed by atoms with van der Waals surface area (Å²) in [7, 11) is 0. The molecule has 6 heteroatoms. The first kappa shape index (κ1) is 19.6.